The van der Waals surface area contributed by atoms with Crippen LogP contribution < -0.4 is 0 Å². The van der Waals surface area contributed by atoms with Crippen LogP contribution in [-0.4, -0.2) is 33.2 Å². The number of nitrogens with zero attached hydrogens (tertiary/aromatic N) is 4. The van der Waals surface area contributed by atoms with Crippen LogP contribution in [0.3, 0.4) is 0 Å². The molecule has 1 saturated heterocycles. The molecule has 2 aromatic rings. The van der Waals surface area contributed by atoms with Gasteiger partial charge in [-0.05, 0) is 17.7 Å². The Balaban J connectivity index is 1.62. The number of benzene rings is 1. The molecule has 0 radical (unpaired) electrons. The fourth-order valence-corrected chi connectivity index (χ4v) is 4.61. The lowest BCUT2D eigenvalue weighted by Gasteiger charge is -2.41. The normalized spacial score (nSPS) is 20.0. The van der Waals surface area contributed by atoms with Crippen molar-refractivity contribution in [2.75, 3.05) is 12.5 Å². The molecule has 0 aliphatic carbocycles. The average molecular weight is 396 g/mol. The van der Waals surface area contributed by atoms with E-state index >= 15 is 0 Å². The minimum atomic E-state index is -0.471. The zero-order chi connectivity index (χ0) is 19.7. The fraction of sp³-hybridized carbons (Fsp3) is 0.263. The number of thioether (sulfide) groups is 1. The highest BCUT2D eigenvalue weighted by Gasteiger charge is 2.38. The van der Waals surface area contributed by atoms with E-state index in [1.807, 2.05) is 12.1 Å². The van der Waals surface area contributed by atoms with Crippen molar-refractivity contribution in [3.63, 3.8) is 0 Å². The van der Waals surface area contributed by atoms with Gasteiger partial charge in [-0.3, -0.25) is 24.7 Å². The van der Waals surface area contributed by atoms with E-state index in [4.69, 9.17) is 4.42 Å². The maximum absolute atomic E-state index is 12.8. The third-order valence-electron chi connectivity index (χ3n) is 4.79. The molecule has 9 heteroatoms. The van der Waals surface area contributed by atoms with Gasteiger partial charge in [0.2, 0.25) is 5.91 Å². The summed E-state index contributed by atoms with van der Waals surface area (Å²) < 4.78 is 5.37. The molecule has 28 heavy (non-hydrogen) atoms. The monoisotopic (exact) mass is 396 g/mol. The lowest BCUT2D eigenvalue weighted by Crippen LogP contribution is -2.46. The number of amides is 1. The summed E-state index contributed by atoms with van der Waals surface area (Å²) in [6, 6.07) is 12.1. The van der Waals surface area contributed by atoms with Crippen molar-refractivity contribution in [2.45, 2.75) is 18.9 Å². The number of carbonyl (C=O) groups is 1. The molecule has 3 heterocycles. The maximum atomic E-state index is 12.8. The van der Waals surface area contributed by atoms with E-state index in [1.54, 1.807) is 23.3 Å². The van der Waals surface area contributed by atoms with Crippen molar-refractivity contribution >= 4 is 23.4 Å². The Morgan fingerprint density at radius 2 is 2.21 bits per heavy atom. The largest absolute Gasteiger partial charge is 0.468 e. The summed E-state index contributed by atoms with van der Waals surface area (Å²) in [5.74, 6) is 0.870. The molecule has 2 aliphatic heterocycles. The van der Waals surface area contributed by atoms with E-state index in [-0.39, 0.29) is 18.0 Å². The van der Waals surface area contributed by atoms with E-state index in [0.717, 1.165) is 5.76 Å². The predicted octanol–water partition coefficient (Wildman–Crippen LogP) is 3.40. The standard InChI is InChI=1S/C19H16N4O4S/c20-9-17-16(13-3-1-4-14(7-13)23(25)26)8-18(24)22-11-21(12-28-19(17)22)10-15-5-2-6-27-15/h1-7,16H,8,10-12H2/t16-/m0/s1. The van der Waals surface area contributed by atoms with Crippen LogP contribution in [0.4, 0.5) is 5.69 Å². The minimum absolute atomic E-state index is 0.0458. The van der Waals surface area contributed by atoms with Gasteiger partial charge in [0.25, 0.3) is 5.69 Å². The fourth-order valence-electron chi connectivity index (χ4n) is 3.47. The Hall–Kier alpha value is -3.09. The van der Waals surface area contributed by atoms with E-state index in [2.05, 4.69) is 11.0 Å². The smallest absolute Gasteiger partial charge is 0.269 e. The summed E-state index contributed by atoms with van der Waals surface area (Å²) in [4.78, 5) is 27.1. The third-order valence-corrected chi connectivity index (χ3v) is 6.00. The Bertz CT molecular complexity index is 996. The van der Waals surface area contributed by atoms with Crippen LogP contribution in [0.5, 0.6) is 0 Å². The van der Waals surface area contributed by atoms with Crippen molar-refractivity contribution in [1.29, 1.82) is 5.26 Å². The predicted molar refractivity (Wildman–Crippen MR) is 102 cm³/mol. The van der Waals surface area contributed by atoms with Crippen LogP contribution in [0.1, 0.15) is 23.7 Å². The van der Waals surface area contributed by atoms with E-state index in [9.17, 15) is 20.2 Å². The molecular weight excluding hydrogens is 380 g/mol. The molecule has 0 bridgehead atoms. The average Bonchev–Trinajstić information content (AvgIpc) is 3.21. The Morgan fingerprint density at radius 1 is 1.36 bits per heavy atom. The SMILES string of the molecule is N#CC1=C2SCN(Cc3ccco3)CN2C(=O)C[C@H]1c1cccc([N+](=O)[O-])c1. The topological polar surface area (TPSA) is 104 Å². The van der Waals surface area contributed by atoms with Crippen LogP contribution in [0.15, 0.2) is 57.7 Å². The second kappa shape index (κ2) is 7.50. The van der Waals surface area contributed by atoms with E-state index in [1.165, 1.54) is 23.9 Å². The molecule has 1 aromatic carbocycles. The highest BCUT2D eigenvalue weighted by atomic mass is 32.2. The number of furan rings is 1. The first kappa shape index (κ1) is 18.3. The molecule has 1 aromatic heterocycles. The lowest BCUT2D eigenvalue weighted by molar-refractivity contribution is -0.384. The number of rotatable bonds is 4. The van der Waals surface area contributed by atoms with Gasteiger partial charge in [-0.15, -0.1) is 0 Å². The highest BCUT2D eigenvalue weighted by Crippen LogP contribution is 2.43. The van der Waals surface area contributed by atoms with Gasteiger partial charge in [0.1, 0.15) is 5.76 Å². The van der Waals surface area contributed by atoms with Gasteiger partial charge in [-0.2, -0.15) is 5.26 Å². The summed E-state index contributed by atoms with van der Waals surface area (Å²) in [5, 5.41) is 21.5. The number of nitro groups is 1. The third kappa shape index (κ3) is 3.40. The van der Waals surface area contributed by atoms with E-state index in [0.29, 0.717) is 35.3 Å². The highest BCUT2D eigenvalue weighted by molar-refractivity contribution is 8.03. The van der Waals surface area contributed by atoms with E-state index < -0.39 is 10.8 Å². The number of fused-ring (bicyclic) bond motifs is 1. The summed E-state index contributed by atoms with van der Waals surface area (Å²) in [6.45, 7) is 0.960. The van der Waals surface area contributed by atoms with Gasteiger partial charge in [-0.1, -0.05) is 23.9 Å². The molecule has 142 valence electrons. The number of non-ortho nitro benzene ring substituents is 1. The van der Waals surface area contributed by atoms with Gasteiger partial charge >= 0.3 is 0 Å². The number of nitro benzene ring substituents is 1. The first-order valence-electron chi connectivity index (χ1n) is 8.63. The van der Waals surface area contributed by atoms with Crippen molar-refractivity contribution in [3.05, 3.63) is 74.7 Å². The van der Waals surface area contributed by atoms with Gasteiger partial charge in [0.05, 0.1) is 46.9 Å². The Morgan fingerprint density at radius 3 is 2.93 bits per heavy atom. The molecule has 1 amide bonds. The molecule has 4 rings (SSSR count). The van der Waals surface area contributed by atoms with Crippen molar-refractivity contribution in [3.8, 4) is 6.07 Å². The molecule has 0 saturated carbocycles. The van der Waals surface area contributed by atoms with Crippen LogP contribution in [0.25, 0.3) is 0 Å². The molecule has 0 spiro atoms. The summed E-state index contributed by atoms with van der Waals surface area (Å²) >= 11 is 1.44. The van der Waals surface area contributed by atoms with Crippen LogP contribution in [0.2, 0.25) is 0 Å². The van der Waals surface area contributed by atoms with Crippen LogP contribution in [0, 0.1) is 21.4 Å². The zero-order valence-electron chi connectivity index (χ0n) is 14.8. The van der Waals surface area contributed by atoms with Gasteiger partial charge in [-0.25, -0.2) is 0 Å². The second-order valence-electron chi connectivity index (χ2n) is 6.58. The number of nitriles is 1. The summed E-state index contributed by atoms with van der Waals surface area (Å²) in [5.41, 5.74) is 1.06. The van der Waals surface area contributed by atoms with Gasteiger partial charge < -0.3 is 4.42 Å². The molecule has 8 nitrogen and oxygen atoms in total. The first-order valence-corrected chi connectivity index (χ1v) is 9.62. The van der Waals surface area contributed by atoms with Crippen molar-refractivity contribution in [1.82, 2.24) is 9.80 Å². The van der Waals surface area contributed by atoms with Crippen molar-refractivity contribution < 1.29 is 14.1 Å². The lowest BCUT2D eigenvalue weighted by atomic mass is 9.86. The van der Waals surface area contributed by atoms with Gasteiger partial charge in [0, 0.05) is 24.5 Å². The second-order valence-corrected chi connectivity index (χ2v) is 7.52. The Labute approximate surface area is 165 Å². The quantitative estimate of drug-likeness (QED) is 0.576. The summed E-state index contributed by atoms with van der Waals surface area (Å²) in [6.07, 6.45) is 1.73. The maximum Gasteiger partial charge on any atom is 0.269 e. The van der Waals surface area contributed by atoms with Crippen LogP contribution >= 0.6 is 11.8 Å². The van der Waals surface area contributed by atoms with Crippen molar-refractivity contribution in [2.24, 2.45) is 0 Å². The number of allylic oxidation sites excluding steroid dienone is 1. The van der Waals surface area contributed by atoms with Crippen LogP contribution in [-0.2, 0) is 11.3 Å². The number of carbonyl (C=O) groups excluding carboxylic acids is 1. The zero-order valence-corrected chi connectivity index (χ0v) is 15.6. The van der Waals surface area contributed by atoms with Gasteiger partial charge in [0.15, 0.2) is 0 Å². The molecule has 1 atom stereocenters. The molecule has 0 N–H and O–H groups in total. The molecular formula is C19H16N4O4S. The molecule has 1 fully saturated rings. The Kier molecular flexibility index (Phi) is 4.90. The number of hydrogen-bond donors (Lipinski definition) is 0. The summed E-state index contributed by atoms with van der Waals surface area (Å²) in [7, 11) is 0. The minimum Gasteiger partial charge on any atom is -0.468 e. The molecule has 0 unspecified atom stereocenters. The molecule has 2 aliphatic rings. The number of hydrogen-bond acceptors (Lipinski definition) is 7. The first-order chi connectivity index (χ1) is 13.6.